The Balaban J connectivity index is 1.99. The summed E-state index contributed by atoms with van der Waals surface area (Å²) in [6.45, 7) is 7.52. The minimum atomic E-state index is -0.463. The van der Waals surface area contributed by atoms with E-state index < -0.39 is 5.97 Å². The zero-order valence-corrected chi connectivity index (χ0v) is 18.1. The molecule has 0 saturated carbocycles. The molecule has 0 spiro atoms. The Bertz CT molecular complexity index is 895. The molecule has 0 unspecified atom stereocenters. The highest BCUT2D eigenvalue weighted by atomic mass is 35.5. The van der Waals surface area contributed by atoms with Crippen molar-refractivity contribution >= 4 is 29.2 Å². The van der Waals surface area contributed by atoms with Crippen LogP contribution in [0, 0.1) is 13.8 Å². The summed E-state index contributed by atoms with van der Waals surface area (Å²) in [5.74, 6) is 0.639. The molecular weight excluding hydrogens is 394 g/mol. The first-order chi connectivity index (χ1) is 13.7. The van der Waals surface area contributed by atoms with Crippen molar-refractivity contribution in [2.24, 2.45) is 0 Å². The monoisotopic (exact) mass is 419 g/mol. The summed E-state index contributed by atoms with van der Waals surface area (Å²) in [6, 6.07) is 8.85. The Morgan fingerprint density at radius 1 is 1.03 bits per heavy atom. The van der Waals surface area contributed by atoms with Crippen LogP contribution in [-0.4, -0.2) is 32.2 Å². The number of esters is 1. The van der Waals surface area contributed by atoms with Crippen LogP contribution in [0.4, 0.5) is 5.69 Å². The van der Waals surface area contributed by atoms with E-state index in [9.17, 15) is 9.59 Å². The number of amides is 1. The number of benzene rings is 2. The van der Waals surface area contributed by atoms with Gasteiger partial charge in [0.1, 0.15) is 11.5 Å². The number of aryl methyl sites for hydroxylation is 2. The third kappa shape index (κ3) is 6.39. The van der Waals surface area contributed by atoms with E-state index in [0.29, 0.717) is 22.2 Å². The van der Waals surface area contributed by atoms with E-state index in [1.165, 1.54) is 7.11 Å². The highest BCUT2D eigenvalue weighted by Gasteiger charge is 2.13. The Kier molecular flexibility index (Phi) is 7.91. The Hall–Kier alpha value is -2.73. The molecule has 1 amide bonds. The van der Waals surface area contributed by atoms with E-state index in [1.807, 2.05) is 39.8 Å². The fourth-order valence-corrected chi connectivity index (χ4v) is 2.82. The summed E-state index contributed by atoms with van der Waals surface area (Å²) >= 11 is 6.21. The Morgan fingerprint density at radius 2 is 1.76 bits per heavy atom. The minimum absolute atomic E-state index is 0.124. The highest BCUT2D eigenvalue weighted by molar-refractivity contribution is 6.31. The zero-order chi connectivity index (χ0) is 21.6. The number of carbonyl (C=O) groups excluding carboxylic acids is 2. The summed E-state index contributed by atoms with van der Waals surface area (Å²) in [4.78, 5) is 23.5. The minimum Gasteiger partial charge on any atom is -0.483 e. The maximum Gasteiger partial charge on any atom is 0.343 e. The third-order valence-electron chi connectivity index (χ3n) is 4.33. The molecule has 0 radical (unpaired) electrons. The maximum absolute atomic E-state index is 12.4. The average molecular weight is 420 g/mol. The molecule has 2 aromatic rings. The van der Waals surface area contributed by atoms with Gasteiger partial charge in [-0.3, -0.25) is 4.79 Å². The van der Waals surface area contributed by atoms with Crippen molar-refractivity contribution < 1.29 is 23.8 Å². The largest absolute Gasteiger partial charge is 0.483 e. The van der Waals surface area contributed by atoms with Gasteiger partial charge in [-0.05, 0) is 66.8 Å². The molecule has 0 aliphatic heterocycles. The first-order valence-electron chi connectivity index (χ1n) is 9.24. The molecule has 2 rings (SSSR count). The molecule has 7 heteroatoms. The zero-order valence-electron chi connectivity index (χ0n) is 17.3. The summed E-state index contributed by atoms with van der Waals surface area (Å²) in [7, 11) is 1.30. The van der Waals surface area contributed by atoms with Crippen molar-refractivity contribution in [3.63, 3.8) is 0 Å². The van der Waals surface area contributed by atoms with E-state index in [-0.39, 0.29) is 25.0 Å². The second-order valence-corrected chi connectivity index (χ2v) is 7.38. The second-order valence-electron chi connectivity index (χ2n) is 6.97. The molecule has 1 N–H and O–H groups in total. The van der Waals surface area contributed by atoms with E-state index >= 15 is 0 Å². The van der Waals surface area contributed by atoms with Crippen LogP contribution in [0.25, 0.3) is 0 Å². The van der Waals surface area contributed by atoms with Crippen LogP contribution in [-0.2, 0) is 14.3 Å². The summed E-state index contributed by atoms with van der Waals surface area (Å²) < 4.78 is 15.6. The van der Waals surface area contributed by atoms with Crippen molar-refractivity contribution in [2.45, 2.75) is 33.6 Å². The van der Waals surface area contributed by atoms with Crippen LogP contribution < -0.4 is 14.8 Å². The lowest BCUT2D eigenvalue weighted by Gasteiger charge is -2.16. The van der Waals surface area contributed by atoms with Crippen molar-refractivity contribution in [3.05, 3.63) is 52.0 Å². The quantitative estimate of drug-likeness (QED) is 0.630. The number of methoxy groups -OCH3 is 1. The van der Waals surface area contributed by atoms with E-state index in [4.69, 9.17) is 21.1 Å². The van der Waals surface area contributed by atoms with Gasteiger partial charge >= 0.3 is 5.97 Å². The molecule has 0 saturated heterocycles. The maximum atomic E-state index is 12.4. The summed E-state index contributed by atoms with van der Waals surface area (Å²) in [6.07, 6.45) is 0. The number of anilines is 1. The van der Waals surface area contributed by atoms with E-state index in [0.717, 1.165) is 16.7 Å². The SMILES string of the molecule is COC(=O)COc1ccc(NC(=O)COc2cc(C)c(Cl)cc2C(C)C)c(C)c1. The molecule has 0 bridgehead atoms. The Morgan fingerprint density at radius 3 is 2.38 bits per heavy atom. The lowest BCUT2D eigenvalue weighted by Crippen LogP contribution is -2.21. The fourth-order valence-electron chi connectivity index (χ4n) is 2.64. The lowest BCUT2D eigenvalue weighted by molar-refractivity contribution is -0.142. The smallest absolute Gasteiger partial charge is 0.343 e. The topological polar surface area (TPSA) is 73.9 Å². The summed E-state index contributed by atoms with van der Waals surface area (Å²) in [5.41, 5.74) is 3.29. The molecule has 0 atom stereocenters. The molecule has 0 aliphatic rings. The number of rotatable bonds is 8. The number of hydrogen-bond acceptors (Lipinski definition) is 5. The molecule has 156 valence electrons. The van der Waals surface area contributed by atoms with Gasteiger partial charge in [0.2, 0.25) is 0 Å². The highest BCUT2D eigenvalue weighted by Crippen LogP contribution is 2.32. The van der Waals surface area contributed by atoms with Crippen molar-refractivity contribution in [1.29, 1.82) is 0 Å². The van der Waals surface area contributed by atoms with Gasteiger partial charge in [0.05, 0.1) is 7.11 Å². The van der Waals surface area contributed by atoms with Crippen LogP contribution in [0.1, 0.15) is 36.5 Å². The normalized spacial score (nSPS) is 10.6. The molecule has 0 heterocycles. The number of nitrogens with one attached hydrogen (secondary N) is 1. The van der Waals surface area contributed by atoms with Crippen molar-refractivity contribution in [2.75, 3.05) is 25.6 Å². The van der Waals surface area contributed by atoms with Gasteiger partial charge in [-0.15, -0.1) is 0 Å². The van der Waals surface area contributed by atoms with Gasteiger partial charge in [0.15, 0.2) is 13.2 Å². The number of halogens is 1. The molecule has 29 heavy (non-hydrogen) atoms. The van der Waals surface area contributed by atoms with Gasteiger partial charge in [0, 0.05) is 10.7 Å². The van der Waals surface area contributed by atoms with E-state index in [2.05, 4.69) is 10.1 Å². The van der Waals surface area contributed by atoms with Gasteiger partial charge in [-0.1, -0.05) is 25.4 Å². The molecule has 0 aliphatic carbocycles. The fraction of sp³-hybridized carbons (Fsp3) is 0.364. The predicted octanol–water partition coefficient (Wildman–Crippen LogP) is 4.65. The molecule has 6 nitrogen and oxygen atoms in total. The summed E-state index contributed by atoms with van der Waals surface area (Å²) in [5, 5.41) is 3.50. The van der Waals surface area contributed by atoms with Crippen LogP contribution in [0.5, 0.6) is 11.5 Å². The third-order valence-corrected chi connectivity index (χ3v) is 4.74. The average Bonchev–Trinajstić information content (AvgIpc) is 2.68. The number of hydrogen-bond donors (Lipinski definition) is 1. The van der Waals surface area contributed by atoms with Crippen LogP contribution in [0.2, 0.25) is 5.02 Å². The van der Waals surface area contributed by atoms with Crippen LogP contribution >= 0.6 is 11.6 Å². The molecule has 2 aromatic carbocycles. The predicted molar refractivity (Wildman–Crippen MR) is 113 cm³/mol. The second kappa shape index (κ2) is 10.2. The van der Waals surface area contributed by atoms with Gasteiger partial charge in [-0.25, -0.2) is 4.79 Å². The van der Waals surface area contributed by atoms with Gasteiger partial charge in [0.25, 0.3) is 5.91 Å². The standard InChI is InChI=1S/C22H26ClNO5/c1-13(2)17-10-18(23)14(3)9-20(17)29-11-21(25)24-19-7-6-16(8-15(19)4)28-12-22(26)27-5/h6-10,13H,11-12H2,1-5H3,(H,24,25). The molecular formula is C22H26ClNO5. The first kappa shape index (κ1) is 22.6. The van der Waals surface area contributed by atoms with Crippen molar-refractivity contribution in [1.82, 2.24) is 0 Å². The van der Waals surface area contributed by atoms with Crippen LogP contribution in [0.3, 0.4) is 0 Å². The Labute approximate surface area is 176 Å². The van der Waals surface area contributed by atoms with Crippen LogP contribution in [0.15, 0.2) is 30.3 Å². The first-order valence-corrected chi connectivity index (χ1v) is 9.62. The lowest BCUT2D eigenvalue weighted by atomic mass is 10.0. The van der Waals surface area contributed by atoms with Gasteiger partial charge in [-0.2, -0.15) is 0 Å². The van der Waals surface area contributed by atoms with Crippen molar-refractivity contribution in [3.8, 4) is 11.5 Å². The van der Waals surface area contributed by atoms with Gasteiger partial charge < -0.3 is 19.5 Å². The molecule has 0 aromatic heterocycles. The number of carbonyl (C=O) groups is 2. The van der Waals surface area contributed by atoms with E-state index in [1.54, 1.807) is 18.2 Å². The molecule has 0 fully saturated rings. The number of ether oxygens (including phenoxy) is 3.